The number of ketones is 1. The number of carbonyl (C=O) groups is 2. The Balaban J connectivity index is 1.91. The van der Waals surface area contributed by atoms with Crippen molar-refractivity contribution in [2.45, 2.75) is 6.04 Å². The summed E-state index contributed by atoms with van der Waals surface area (Å²) < 4.78 is 0. The molecule has 2 aromatic carbocycles. The number of aliphatic hydroxyl groups excluding tert-OH is 1. The molecule has 2 aliphatic rings. The molecule has 1 aliphatic carbocycles. The number of Topliss-reactive ketones (excluding diaryl/α,β-unsaturated/α-hetero) is 1. The van der Waals surface area contributed by atoms with Crippen LogP contribution in [-0.4, -0.2) is 36.0 Å². The number of benzene rings is 2. The van der Waals surface area contributed by atoms with Crippen LogP contribution in [0.5, 0.6) is 0 Å². The Morgan fingerprint density at radius 3 is 2.76 bits per heavy atom. The average molecular weight is 355 g/mol. The largest absolute Gasteiger partial charge is 0.395 e. The van der Waals surface area contributed by atoms with Crippen LogP contribution in [0.3, 0.4) is 0 Å². The zero-order valence-electron chi connectivity index (χ0n) is 13.2. The fourth-order valence-corrected chi connectivity index (χ4v) is 3.55. The molecule has 2 bridgehead atoms. The Kier molecular flexibility index (Phi) is 3.82. The number of carbonyl (C=O) groups excluding carboxylic acids is 2. The van der Waals surface area contributed by atoms with Crippen LogP contribution >= 0.6 is 11.6 Å². The Bertz CT molecular complexity index is 923. The van der Waals surface area contributed by atoms with Gasteiger partial charge in [-0.15, -0.1) is 0 Å². The first-order valence-electron chi connectivity index (χ1n) is 7.95. The van der Waals surface area contributed by atoms with Gasteiger partial charge in [0.2, 0.25) is 0 Å². The third-order valence-corrected chi connectivity index (χ3v) is 4.67. The summed E-state index contributed by atoms with van der Waals surface area (Å²) >= 11 is 6.07. The van der Waals surface area contributed by atoms with Gasteiger partial charge in [-0.3, -0.25) is 14.5 Å². The van der Waals surface area contributed by atoms with E-state index in [0.717, 1.165) is 5.56 Å². The van der Waals surface area contributed by atoms with Gasteiger partial charge in [0, 0.05) is 28.5 Å². The number of amides is 1. The standard InChI is InChI=1S/C19H15ClN2O3/c20-12-2-1-3-13(10-12)22-15-7-5-11-4-6-14(21-8-9-23)17(19(22)25)16(11)18(15)24/h1-7,10,15,21,23H,8-9H2. The van der Waals surface area contributed by atoms with E-state index >= 15 is 0 Å². The average Bonchev–Trinajstić information content (AvgIpc) is 2.60. The van der Waals surface area contributed by atoms with Crippen molar-refractivity contribution in [3.05, 3.63) is 64.2 Å². The van der Waals surface area contributed by atoms with Gasteiger partial charge in [-0.1, -0.05) is 35.9 Å². The number of rotatable bonds is 4. The van der Waals surface area contributed by atoms with E-state index in [-0.39, 0.29) is 18.3 Å². The van der Waals surface area contributed by atoms with Crippen molar-refractivity contribution in [1.82, 2.24) is 0 Å². The van der Waals surface area contributed by atoms with Crippen LogP contribution in [0.4, 0.5) is 11.4 Å². The molecule has 1 atom stereocenters. The van der Waals surface area contributed by atoms with Gasteiger partial charge < -0.3 is 10.4 Å². The highest BCUT2D eigenvalue weighted by Crippen LogP contribution is 2.38. The van der Waals surface area contributed by atoms with E-state index < -0.39 is 6.04 Å². The fourth-order valence-electron chi connectivity index (χ4n) is 3.37. The molecule has 2 aromatic rings. The number of fused-ring (bicyclic) bond motifs is 1. The van der Waals surface area contributed by atoms with E-state index in [1.54, 1.807) is 36.4 Å². The Morgan fingerprint density at radius 1 is 1.16 bits per heavy atom. The number of halogens is 1. The van der Waals surface area contributed by atoms with Gasteiger partial charge >= 0.3 is 0 Å². The van der Waals surface area contributed by atoms with Gasteiger partial charge in [0.15, 0.2) is 5.78 Å². The van der Waals surface area contributed by atoms with Crippen molar-refractivity contribution < 1.29 is 14.7 Å². The van der Waals surface area contributed by atoms with E-state index in [9.17, 15) is 9.59 Å². The SMILES string of the molecule is O=C1c2c3ccc(NCCO)c2C(=O)N(c2cccc(Cl)c2)C1C=C3. The van der Waals surface area contributed by atoms with Crippen LogP contribution in [0, 0.1) is 0 Å². The van der Waals surface area contributed by atoms with Crippen molar-refractivity contribution in [1.29, 1.82) is 0 Å². The lowest BCUT2D eigenvalue weighted by Crippen LogP contribution is -2.50. The maximum atomic E-state index is 13.2. The quantitative estimate of drug-likeness (QED) is 0.885. The van der Waals surface area contributed by atoms with E-state index in [1.165, 1.54) is 4.90 Å². The lowest BCUT2D eigenvalue weighted by atomic mass is 9.83. The summed E-state index contributed by atoms with van der Waals surface area (Å²) in [5.41, 5.74) is 2.65. The molecule has 0 radical (unpaired) electrons. The molecule has 0 saturated heterocycles. The molecule has 0 fully saturated rings. The van der Waals surface area contributed by atoms with Crippen molar-refractivity contribution in [2.75, 3.05) is 23.4 Å². The fraction of sp³-hybridized carbons (Fsp3) is 0.158. The molecule has 0 aromatic heterocycles. The monoisotopic (exact) mass is 354 g/mol. The molecule has 126 valence electrons. The van der Waals surface area contributed by atoms with Crippen molar-refractivity contribution in [2.24, 2.45) is 0 Å². The van der Waals surface area contributed by atoms with Crippen LogP contribution < -0.4 is 10.2 Å². The molecule has 1 aliphatic heterocycles. The molecular formula is C19H15ClN2O3. The summed E-state index contributed by atoms with van der Waals surface area (Å²) in [5, 5.41) is 12.6. The topological polar surface area (TPSA) is 69.6 Å². The van der Waals surface area contributed by atoms with E-state index in [1.807, 2.05) is 12.1 Å². The van der Waals surface area contributed by atoms with Gasteiger partial charge in [-0.2, -0.15) is 0 Å². The van der Waals surface area contributed by atoms with Gasteiger partial charge in [-0.25, -0.2) is 0 Å². The number of anilines is 2. The van der Waals surface area contributed by atoms with Gasteiger partial charge in [-0.05, 0) is 29.8 Å². The number of aliphatic hydroxyl groups is 1. The smallest absolute Gasteiger partial charge is 0.262 e. The van der Waals surface area contributed by atoms with Crippen LogP contribution in [0.25, 0.3) is 6.08 Å². The van der Waals surface area contributed by atoms with Crippen molar-refractivity contribution in [3.63, 3.8) is 0 Å². The van der Waals surface area contributed by atoms with Crippen LogP contribution in [0.15, 0.2) is 42.5 Å². The Morgan fingerprint density at radius 2 is 2.00 bits per heavy atom. The maximum absolute atomic E-state index is 13.2. The van der Waals surface area contributed by atoms with Gasteiger partial charge in [0.25, 0.3) is 5.91 Å². The lowest BCUT2D eigenvalue weighted by Gasteiger charge is -2.37. The van der Waals surface area contributed by atoms with E-state index in [0.29, 0.717) is 34.1 Å². The third kappa shape index (κ3) is 2.44. The minimum atomic E-state index is -0.668. The Hall–Kier alpha value is -2.63. The summed E-state index contributed by atoms with van der Waals surface area (Å²) in [6.45, 7) is 0.225. The van der Waals surface area contributed by atoms with Crippen LogP contribution in [-0.2, 0) is 0 Å². The van der Waals surface area contributed by atoms with Crippen molar-refractivity contribution in [3.8, 4) is 0 Å². The summed E-state index contributed by atoms with van der Waals surface area (Å²) in [6, 6.07) is 9.81. The second-order valence-corrected chi connectivity index (χ2v) is 6.36. The summed E-state index contributed by atoms with van der Waals surface area (Å²) in [4.78, 5) is 27.7. The molecule has 25 heavy (non-hydrogen) atoms. The first kappa shape index (κ1) is 15.9. The third-order valence-electron chi connectivity index (χ3n) is 4.44. The lowest BCUT2D eigenvalue weighted by molar-refractivity contribution is 0.0885. The molecular weight excluding hydrogens is 340 g/mol. The minimum Gasteiger partial charge on any atom is -0.395 e. The number of nitrogens with zero attached hydrogens (tertiary/aromatic N) is 1. The zero-order valence-corrected chi connectivity index (χ0v) is 14.0. The Labute approximate surface area is 149 Å². The highest BCUT2D eigenvalue weighted by Gasteiger charge is 2.42. The molecule has 5 nitrogen and oxygen atoms in total. The predicted octanol–water partition coefficient (Wildman–Crippen LogP) is 2.98. The molecule has 1 amide bonds. The molecule has 1 heterocycles. The normalized spacial score (nSPS) is 17.8. The highest BCUT2D eigenvalue weighted by molar-refractivity contribution is 6.31. The summed E-state index contributed by atoms with van der Waals surface area (Å²) in [5.74, 6) is -0.367. The van der Waals surface area contributed by atoms with E-state index in [2.05, 4.69) is 5.32 Å². The summed E-state index contributed by atoms with van der Waals surface area (Å²) in [6.07, 6.45) is 3.61. The molecule has 1 unspecified atom stereocenters. The molecule has 4 rings (SSSR count). The van der Waals surface area contributed by atoms with Gasteiger partial charge in [0.05, 0.1) is 12.2 Å². The predicted molar refractivity (Wildman–Crippen MR) is 97.4 cm³/mol. The van der Waals surface area contributed by atoms with Crippen LogP contribution in [0.1, 0.15) is 26.3 Å². The van der Waals surface area contributed by atoms with E-state index in [4.69, 9.17) is 16.7 Å². The maximum Gasteiger partial charge on any atom is 0.262 e. The number of hydrogen-bond donors (Lipinski definition) is 2. The number of hydrogen-bond acceptors (Lipinski definition) is 4. The molecule has 0 spiro atoms. The second-order valence-electron chi connectivity index (χ2n) is 5.93. The molecule has 2 N–H and O–H groups in total. The first-order valence-corrected chi connectivity index (χ1v) is 8.33. The first-order chi connectivity index (χ1) is 12.1. The van der Waals surface area contributed by atoms with Crippen molar-refractivity contribution >= 4 is 40.7 Å². The van der Waals surface area contributed by atoms with Crippen LogP contribution in [0.2, 0.25) is 5.02 Å². The minimum absolute atomic E-state index is 0.0702. The zero-order chi connectivity index (χ0) is 17.6. The number of nitrogens with one attached hydrogen (secondary N) is 1. The molecule has 0 saturated carbocycles. The highest BCUT2D eigenvalue weighted by atomic mass is 35.5. The molecule has 6 heteroatoms. The summed E-state index contributed by atoms with van der Waals surface area (Å²) in [7, 11) is 0. The second kappa shape index (κ2) is 6.02. The van der Waals surface area contributed by atoms with Gasteiger partial charge in [0.1, 0.15) is 6.04 Å².